The average Bonchev–Trinajstić information content (AvgIpc) is 3.23. The van der Waals surface area contributed by atoms with Gasteiger partial charge >= 0.3 is 0 Å². The molecule has 0 aliphatic carbocycles. The molecule has 0 unspecified atom stereocenters. The Morgan fingerprint density at radius 2 is 1.94 bits per heavy atom. The van der Waals surface area contributed by atoms with E-state index in [0.29, 0.717) is 25.5 Å². The van der Waals surface area contributed by atoms with Gasteiger partial charge in [-0.1, -0.05) is 25.1 Å². The third-order valence-electron chi connectivity index (χ3n) is 5.50. The van der Waals surface area contributed by atoms with Crippen molar-refractivity contribution < 1.29 is 9.32 Å². The molecule has 1 amide bonds. The molecule has 0 atom stereocenters. The van der Waals surface area contributed by atoms with Crippen LogP contribution in [-0.2, 0) is 24.2 Å². The minimum absolute atomic E-state index is 0. The number of piperazine rings is 1. The van der Waals surface area contributed by atoms with Crippen LogP contribution in [0.3, 0.4) is 0 Å². The van der Waals surface area contributed by atoms with E-state index >= 15 is 0 Å². The number of nitrogens with zero attached hydrogens (tertiary/aromatic N) is 5. The van der Waals surface area contributed by atoms with Crippen LogP contribution in [0.15, 0.2) is 33.9 Å². The summed E-state index contributed by atoms with van der Waals surface area (Å²) in [7, 11) is 1.73. The van der Waals surface area contributed by atoms with Gasteiger partial charge in [0.05, 0.1) is 5.69 Å². The Kier molecular flexibility index (Phi) is 10.7. The predicted octanol–water partition coefficient (Wildman–Crippen LogP) is 2.22. The van der Waals surface area contributed by atoms with Gasteiger partial charge in [-0.25, -0.2) is 4.98 Å². The van der Waals surface area contributed by atoms with E-state index in [1.54, 1.807) is 13.2 Å². The van der Waals surface area contributed by atoms with Gasteiger partial charge in [-0.05, 0) is 18.6 Å². The van der Waals surface area contributed by atoms with E-state index in [4.69, 9.17) is 4.52 Å². The van der Waals surface area contributed by atoms with Gasteiger partial charge < -0.3 is 25.0 Å². The molecule has 176 valence electrons. The molecule has 2 aromatic rings. The van der Waals surface area contributed by atoms with Crippen LogP contribution < -0.4 is 15.5 Å². The molecule has 2 N–H and O–H groups in total. The van der Waals surface area contributed by atoms with Crippen molar-refractivity contribution in [2.75, 3.05) is 44.7 Å². The van der Waals surface area contributed by atoms with Gasteiger partial charge in [0.1, 0.15) is 11.6 Å². The van der Waals surface area contributed by atoms with Crippen molar-refractivity contribution in [2.45, 2.75) is 39.7 Å². The van der Waals surface area contributed by atoms with Crippen molar-refractivity contribution in [3.8, 4) is 0 Å². The van der Waals surface area contributed by atoms with Crippen LogP contribution in [0.2, 0.25) is 0 Å². The monoisotopic (exact) mass is 555 g/mol. The van der Waals surface area contributed by atoms with Crippen molar-refractivity contribution in [3.05, 3.63) is 41.4 Å². The van der Waals surface area contributed by atoms with Crippen LogP contribution in [0.5, 0.6) is 0 Å². The number of amides is 1. The standard InChI is InChI=1S/C22H33N7O2.HI/c1-4-18-17(19(5-2)31-27-18)16-26-22(23-3)25-11-9-21(30)29-14-12-28(13-15-29)20-8-6-7-10-24-20;/h6-8,10H,4-5,9,11-16H2,1-3H3,(H2,23,25,26);1H. The second-order valence-electron chi connectivity index (χ2n) is 7.40. The number of rotatable bonds is 8. The van der Waals surface area contributed by atoms with Crippen LogP contribution in [0.4, 0.5) is 5.82 Å². The zero-order valence-electron chi connectivity index (χ0n) is 19.1. The molecule has 1 aliphatic heterocycles. The van der Waals surface area contributed by atoms with Crippen molar-refractivity contribution in [1.29, 1.82) is 0 Å². The summed E-state index contributed by atoms with van der Waals surface area (Å²) in [4.78, 5) is 25.4. The molecule has 0 spiro atoms. The maximum atomic E-state index is 12.6. The number of aliphatic imine (C=N–C) groups is 1. The van der Waals surface area contributed by atoms with Gasteiger partial charge in [0, 0.05) is 70.9 Å². The maximum absolute atomic E-state index is 12.6. The summed E-state index contributed by atoms with van der Waals surface area (Å²) in [6, 6.07) is 5.91. The molecule has 1 fully saturated rings. The van der Waals surface area contributed by atoms with Gasteiger partial charge in [0.25, 0.3) is 0 Å². The summed E-state index contributed by atoms with van der Waals surface area (Å²) >= 11 is 0. The Hall–Kier alpha value is -2.37. The van der Waals surface area contributed by atoms with E-state index in [2.05, 4.69) is 44.5 Å². The van der Waals surface area contributed by atoms with E-state index in [9.17, 15) is 4.79 Å². The number of guanidine groups is 1. The number of carbonyl (C=O) groups excluding carboxylic acids is 1. The summed E-state index contributed by atoms with van der Waals surface area (Å²) < 4.78 is 5.41. The van der Waals surface area contributed by atoms with Crippen LogP contribution >= 0.6 is 24.0 Å². The molecule has 0 bridgehead atoms. The van der Waals surface area contributed by atoms with Crippen molar-refractivity contribution in [2.24, 2.45) is 4.99 Å². The summed E-state index contributed by atoms with van der Waals surface area (Å²) in [5.41, 5.74) is 2.06. The van der Waals surface area contributed by atoms with E-state index in [-0.39, 0.29) is 29.9 Å². The minimum atomic E-state index is 0. The largest absolute Gasteiger partial charge is 0.361 e. The summed E-state index contributed by atoms with van der Waals surface area (Å²) in [5, 5.41) is 10.7. The highest BCUT2D eigenvalue weighted by molar-refractivity contribution is 14.0. The number of halogens is 1. The first kappa shape index (κ1) is 25.9. The van der Waals surface area contributed by atoms with Crippen LogP contribution in [0.1, 0.15) is 37.3 Å². The molecule has 0 aromatic carbocycles. The number of anilines is 1. The second-order valence-corrected chi connectivity index (χ2v) is 7.40. The lowest BCUT2D eigenvalue weighted by atomic mass is 10.1. The van der Waals surface area contributed by atoms with E-state index in [0.717, 1.165) is 61.9 Å². The lowest BCUT2D eigenvalue weighted by molar-refractivity contribution is -0.131. The summed E-state index contributed by atoms with van der Waals surface area (Å²) in [6.07, 6.45) is 3.86. The Morgan fingerprint density at radius 3 is 2.56 bits per heavy atom. The van der Waals surface area contributed by atoms with E-state index in [1.165, 1.54) is 0 Å². The Labute approximate surface area is 207 Å². The smallest absolute Gasteiger partial charge is 0.224 e. The van der Waals surface area contributed by atoms with E-state index < -0.39 is 0 Å². The number of aromatic nitrogens is 2. The van der Waals surface area contributed by atoms with Gasteiger partial charge in [-0.3, -0.25) is 9.79 Å². The molecule has 1 aliphatic rings. The highest BCUT2D eigenvalue weighted by atomic mass is 127. The topological polar surface area (TPSA) is 98.9 Å². The Morgan fingerprint density at radius 1 is 1.16 bits per heavy atom. The molecule has 3 heterocycles. The van der Waals surface area contributed by atoms with Gasteiger partial charge in [-0.15, -0.1) is 24.0 Å². The average molecular weight is 555 g/mol. The fraction of sp³-hybridized carbons (Fsp3) is 0.545. The molecule has 10 heteroatoms. The van der Waals surface area contributed by atoms with Crippen molar-refractivity contribution in [1.82, 2.24) is 25.7 Å². The summed E-state index contributed by atoms with van der Waals surface area (Å²) in [5.74, 6) is 2.69. The fourth-order valence-electron chi connectivity index (χ4n) is 3.70. The number of aryl methyl sites for hydroxylation is 2. The third kappa shape index (κ3) is 6.81. The van der Waals surface area contributed by atoms with Crippen molar-refractivity contribution in [3.63, 3.8) is 0 Å². The molecule has 32 heavy (non-hydrogen) atoms. The Balaban J connectivity index is 0.00000363. The Bertz CT molecular complexity index is 843. The van der Waals surface area contributed by atoms with Gasteiger partial charge in [0.2, 0.25) is 5.91 Å². The number of carbonyl (C=O) groups is 1. The first-order chi connectivity index (χ1) is 15.2. The highest BCUT2D eigenvalue weighted by Crippen LogP contribution is 2.15. The molecule has 9 nitrogen and oxygen atoms in total. The molecular weight excluding hydrogens is 521 g/mol. The van der Waals surface area contributed by atoms with Gasteiger partial charge in [-0.2, -0.15) is 0 Å². The quantitative estimate of drug-likeness (QED) is 0.293. The number of pyridine rings is 1. The number of nitrogens with one attached hydrogen (secondary N) is 2. The zero-order chi connectivity index (χ0) is 22.1. The first-order valence-electron chi connectivity index (χ1n) is 11.0. The van der Waals surface area contributed by atoms with Crippen LogP contribution in [-0.4, -0.2) is 66.7 Å². The molecular formula is C22H34IN7O2. The third-order valence-corrected chi connectivity index (χ3v) is 5.50. The molecule has 2 aromatic heterocycles. The van der Waals surface area contributed by atoms with E-state index in [1.807, 2.05) is 23.1 Å². The molecule has 0 saturated carbocycles. The fourth-order valence-corrected chi connectivity index (χ4v) is 3.70. The number of hydrogen-bond donors (Lipinski definition) is 2. The first-order valence-corrected chi connectivity index (χ1v) is 11.0. The lowest BCUT2D eigenvalue weighted by Crippen LogP contribution is -2.49. The summed E-state index contributed by atoms with van der Waals surface area (Å²) in [6.45, 7) is 8.29. The second kappa shape index (κ2) is 13.2. The van der Waals surface area contributed by atoms with Crippen LogP contribution in [0.25, 0.3) is 0 Å². The maximum Gasteiger partial charge on any atom is 0.224 e. The molecule has 3 rings (SSSR count). The SMILES string of the molecule is CCc1noc(CC)c1CNC(=NC)NCCC(=O)N1CCN(c2ccccn2)CC1.I. The predicted molar refractivity (Wildman–Crippen MR) is 137 cm³/mol. The molecule has 1 saturated heterocycles. The minimum Gasteiger partial charge on any atom is -0.361 e. The zero-order valence-corrected chi connectivity index (χ0v) is 21.5. The van der Waals surface area contributed by atoms with Crippen molar-refractivity contribution >= 4 is 41.7 Å². The number of hydrogen-bond acceptors (Lipinski definition) is 6. The van der Waals surface area contributed by atoms with Crippen LogP contribution in [0, 0.1) is 0 Å². The normalized spacial score (nSPS) is 14.2. The molecule has 0 radical (unpaired) electrons. The van der Waals surface area contributed by atoms with Gasteiger partial charge in [0.15, 0.2) is 5.96 Å². The lowest BCUT2D eigenvalue weighted by Gasteiger charge is -2.35. The highest BCUT2D eigenvalue weighted by Gasteiger charge is 2.21.